The van der Waals surface area contributed by atoms with Crippen molar-refractivity contribution in [3.8, 4) is 0 Å². The number of carbonyl (C=O) groups is 4. The molecule has 230 valence electrons. The molecule has 1 fully saturated rings. The first-order valence-electron chi connectivity index (χ1n) is 13.9. The number of anilines is 2. The summed E-state index contributed by atoms with van der Waals surface area (Å²) in [5, 5.41) is 2.80. The van der Waals surface area contributed by atoms with E-state index in [1.54, 1.807) is 49.4 Å². The number of imide groups is 1. The lowest BCUT2D eigenvalue weighted by Crippen LogP contribution is -2.33. The maximum atomic E-state index is 14.0. The Morgan fingerprint density at radius 3 is 2.36 bits per heavy atom. The molecular weight excluding hydrogens is 657 g/mol. The van der Waals surface area contributed by atoms with Gasteiger partial charge in [-0.15, -0.1) is 0 Å². The molecule has 0 radical (unpaired) electrons. The number of esters is 1. The summed E-state index contributed by atoms with van der Waals surface area (Å²) < 4.78 is 6.31. The SMILES string of the molecule is CCOC(=O)c1ccc(NC(=O)Cn2c3c(sc2=O)[C@H](c2cccc(Cl)c2Cl)C2C(=O)N(c4ccc(C)cc4)C(=O)C2S3)cc1. The fourth-order valence-electron chi connectivity index (χ4n) is 5.55. The van der Waals surface area contributed by atoms with Crippen LogP contribution in [0.5, 0.6) is 0 Å². The van der Waals surface area contributed by atoms with Crippen LogP contribution in [-0.2, 0) is 25.7 Å². The third-order valence-electron chi connectivity index (χ3n) is 7.64. The average Bonchev–Trinajstić information content (AvgIpc) is 3.46. The molecular formula is C32H25Cl2N3O6S2. The second-order valence-corrected chi connectivity index (χ2v) is 13.4. The molecule has 1 aromatic heterocycles. The quantitative estimate of drug-likeness (QED) is 0.184. The molecule has 1 saturated heterocycles. The highest BCUT2D eigenvalue weighted by Gasteiger charge is 2.57. The van der Waals surface area contributed by atoms with Crippen molar-refractivity contribution in [1.29, 1.82) is 0 Å². The Balaban J connectivity index is 1.36. The molecule has 45 heavy (non-hydrogen) atoms. The van der Waals surface area contributed by atoms with Crippen LogP contribution in [0.4, 0.5) is 11.4 Å². The summed E-state index contributed by atoms with van der Waals surface area (Å²) in [5.74, 6) is -3.38. The summed E-state index contributed by atoms with van der Waals surface area (Å²) in [6.45, 7) is 3.53. The minimum absolute atomic E-state index is 0.228. The van der Waals surface area contributed by atoms with Crippen LogP contribution >= 0.6 is 46.3 Å². The summed E-state index contributed by atoms with van der Waals surface area (Å²) in [5.41, 5.74) is 2.72. The first-order valence-corrected chi connectivity index (χ1v) is 16.4. The fourth-order valence-corrected chi connectivity index (χ4v) is 8.74. The maximum absolute atomic E-state index is 14.0. The van der Waals surface area contributed by atoms with Crippen LogP contribution < -0.4 is 15.1 Å². The summed E-state index contributed by atoms with van der Waals surface area (Å²) in [7, 11) is 0. The Morgan fingerprint density at radius 1 is 0.956 bits per heavy atom. The van der Waals surface area contributed by atoms with Gasteiger partial charge in [0.25, 0.3) is 0 Å². The van der Waals surface area contributed by atoms with Crippen molar-refractivity contribution in [3.05, 3.63) is 108 Å². The first kappa shape index (κ1) is 31.1. The number of amides is 3. The van der Waals surface area contributed by atoms with Gasteiger partial charge >= 0.3 is 10.8 Å². The zero-order valence-electron chi connectivity index (χ0n) is 23.9. The minimum Gasteiger partial charge on any atom is -0.462 e. The van der Waals surface area contributed by atoms with Crippen LogP contribution in [0, 0.1) is 12.8 Å². The predicted octanol–water partition coefficient (Wildman–Crippen LogP) is 6.14. The van der Waals surface area contributed by atoms with Crippen molar-refractivity contribution < 1.29 is 23.9 Å². The normalized spacial score (nSPS) is 18.8. The highest BCUT2D eigenvalue weighted by molar-refractivity contribution is 8.00. The van der Waals surface area contributed by atoms with Crippen LogP contribution in [-0.4, -0.2) is 40.1 Å². The van der Waals surface area contributed by atoms with Crippen LogP contribution in [0.1, 0.15) is 39.2 Å². The van der Waals surface area contributed by atoms with E-state index in [2.05, 4.69) is 5.32 Å². The molecule has 0 saturated carbocycles. The summed E-state index contributed by atoms with van der Waals surface area (Å²) in [6.07, 6.45) is 0. The molecule has 3 amide bonds. The monoisotopic (exact) mass is 681 g/mol. The van der Waals surface area contributed by atoms with E-state index < -0.39 is 45.6 Å². The number of thiazole rings is 1. The number of hydrogen-bond donors (Lipinski definition) is 1. The van der Waals surface area contributed by atoms with Gasteiger partial charge in [0.2, 0.25) is 17.7 Å². The number of nitrogens with zero attached hydrogens (tertiary/aromatic N) is 2. The van der Waals surface area contributed by atoms with E-state index in [0.717, 1.165) is 28.7 Å². The molecule has 0 aliphatic carbocycles. The van der Waals surface area contributed by atoms with Crippen LogP contribution in [0.2, 0.25) is 10.0 Å². The van der Waals surface area contributed by atoms with Gasteiger partial charge in [0.1, 0.15) is 11.8 Å². The molecule has 3 heterocycles. The van der Waals surface area contributed by atoms with Crippen molar-refractivity contribution in [2.45, 2.75) is 36.6 Å². The van der Waals surface area contributed by atoms with Crippen LogP contribution in [0.25, 0.3) is 0 Å². The maximum Gasteiger partial charge on any atom is 0.338 e. The molecule has 3 atom stereocenters. The Labute approximate surface area is 276 Å². The van der Waals surface area contributed by atoms with Gasteiger partial charge in [-0.05, 0) is 61.9 Å². The van der Waals surface area contributed by atoms with E-state index in [1.165, 1.54) is 21.6 Å². The highest BCUT2D eigenvalue weighted by Crippen LogP contribution is 2.55. The molecule has 6 rings (SSSR count). The summed E-state index contributed by atoms with van der Waals surface area (Å²) >= 11 is 15.1. The van der Waals surface area contributed by atoms with Crippen LogP contribution in [0.15, 0.2) is 76.6 Å². The summed E-state index contributed by atoms with van der Waals surface area (Å²) in [6, 6.07) is 18.4. The highest BCUT2D eigenvalue weighted by atomic mass is 35.5. The lowest BCUT2D eigenvalue weighted by Gasteiger charge is -2.31. The van der Waals surface area contributed by atoms with Crippen LogP contribution in [0.3, 0.4) is 0 Å². The predicted molar refractivity (Wildman–Crippen MR) is 175 cm³/mol. The number of hydrogen-bond acceptors (Lipinski definition) is 8. The van der Waals surface area contributed by atoms with E-state index >= 15 is 0 Å². The molecule has 0 bridgehead atoms. The Morgan fingerprint density at radius 2 is 1.67 bits per heavy atom. The number of nitrogens with one attached hydrogen (secondary N) is 1. The lowest BCUT2D eigenvalue weighted by molar-refractivity contribution is -0.122. The number of aryl methyl sites for hydroxylation is 1. The molecule has 2 aliphatic heterocycles. The molecule has 2 unspecified atom stereocenters. The zero-order chi connectivity index (χ0) is 32.0. The van der Waals surface area contributed by atoms with E-state index in [9.17, 15) is 24.0 Å². The number of rotatable bonds is 7. The first-order chi connectivity index (χ1) is 21.6. The molecule has 1 N–H and O–H groups in total. The van der Waals surface area contributed by atoms with Gasteiger partial charge in [0.05, 0.1) is 38.8 Å². The second-order valence-electron chi connectivity index (χ2n) is 10.5. The second kappa shape index (κ2) is 12.5. The topological polar surface area (TPSA) is 115 Å². The molecule has 9 nitrogen and oxygen atoms in total. The number of thioether (sulfide) groups is 1. The average molecular weight is 683 g/mol. The van der Waals surface area contributed by atoms with Gasteiger partial charge in [-0.2, -0.15) is 0 Å². The van der Waals surface area contributed by atoms with Gasteiger partial charge in [-0.1, -0.05) is 76.1 Å². The number of benzene rings is 3. The molecule has 4 aromatic rings. The Hall–Kier alpha value is -3.90. The Bertz CT molecular complexity index is 1910. The van der Waals surface area contributed by atoms with Crippen molar-refractivity contribution in [2.24, 2.45) is 5.92 Å². The zero-order valence-corrected chi connectivity index (χ0v) is 27.1. The van der Waals surface area contributed by atoms with E-state index in [4.69, 9.17) is 27.9 Å². The number of aromatic nitrogens is 1. The smallest absolute Gasteiger partial charge is 0.338 e. The minimum atomic E-state index is -0.870. The standard InChI is InChI=1S/C32H25Cl2N3O6S2/c1-3-43-31(41)17-9-11-18(12-10-17)35-22(38)15-36-30-27(45-32(36)42)23(20-5-4-6-21(33)25(20)34)24-26(44-30)29(40)37(28(24)39)19-13-7-16(2)8-14-19/h4-14,23-24,26H,3,15H2,1-2H3,(H,35,38)/t23-,24?,26?/m1/s1. The molecule has 3 aromatic carbocycles. The fraction of sp³-hybridized carbons (Fsp3) is 0.219. The van der Waals surface area contributed by atoms with Crippen molar-refractivity contribution in [2.75, 3.05) is 16.8 Å². The molecule has 2 aliphatic rings. The van der Waals surface area contributed by atoms with Crippen molar-refractivity contribution in [3.63, 3.8) is 0 Å². The number of carbonyl (C=O) groups excluding carboxylic acids is 4. The Kier molecular flexibility index (Phi) is 8.62. The van der Waals surface area contributed by atoms with E-state index in [1.807, 2.05) is 19.1 Å². The van der Waals surface area contributed by atoms with Gasteiger partial charge in [-0.3, -0.25) is 23.7 Å². The van der Waals surface area contributed by atoms with Crippen molar-refractivity contribution >= 4 is 81.4 Å². The van der Waals surface area contributed by atoms with Gasteiger partial charge in [0, 0.05) is 16.5 Å². The third kappa shape index (κ3) is 5.69. The van der Waals surface area contributed by atoms with E-state index in [0.29, 0.717) is 32.4 Å². The number of ether oxygens (including phenoxy) is 1. The van der Waals surface area contributed by atoms with Gasteiger partial charge < -0.3 is 10.1 Å². The number of halogens is 2. The molecule has 13 heteroatoms. The lowest BCUT2D eigenvalue weighted by atomic mass is 9.83. The number of fused-ring (bicyclic) bond motifs is 2. The van der Waals surface area contributed by atoms with Crippen molar-refractivity contribution in [1.82, 2.24) is 4.57 Å². The largest absolute Gasteiger partial charge is 0.462 e. The van der Waals surface area contributed by atoms with Gasteiger partial charge in [0.15, 0.2) is 0 Å². The molecule has 0 spiro atoms. The van der Waals surface area contributed by atoms with E-state index in [-0.39, 0.29) is 23.2 Å². The third-order valence-corrected chi connectivity index (χ3v) is 11.1. The summed E-state index contributed by atoms with van der Waals surface area (Å²) in [4.78, 5) is 67.8. The van der Waals surface area contributed by atoms with Gasteiger partial charge in [-0.25, -0.2) is 9.69 Å².